The third kappa shape index (κ3) is 4.05. The molecule has 0 atom stereocenters. The lowest BCUT2D eigenvalue weighted by molar-refractivity contribution is -0.120. The summed E-state index contributed by atoms with van der Waals surface area (Å²) in [5.41, 5.74) is 0.835. The smallest absolute Gasteiger partial charge is 0.243 e. The van der Waals surface area contributed by atoms with Crippen molar-refractivity contribution in [1.82, 2.24) is 9.29 Å². The number of pyridine rings is 1. The molecule has 1 amide bonds. The number of sulfonamides is 1. The molecule has 2 heterocycles. The van der Waals surface area contributed by atoms with Crippen molar-refractivity contribution in [2.75, 3.05) is 18.4 Å². The predicted octanol–water partition coefficient (Wildman–Crippen LogP) is 2.43. The van der Waals surface area contributed by atoms with Gasteiger partial charge in [-0.25, -0.2) is 13.4 Å². The van der Waals surface area contributed by atoms with Crippen LogP contribution in [-0.4, -0.2) is 36.7 Å². The number of nitrogens with one attached hydrogen (secondary N) is 1. The van der Waals surface area contributed by atoms with Gasteiger partial charge in [0.05, 0.1) is 4.90 Å². The number of carbonyl (C=O) groups excluding carboxylic acids is 1. The van der Waals surface area contributed by atoms with Crippen LogP contribution in [0.3, 0.4) is 0 Å². The molecule has 25 heavy (non-hydrogen) atoms. The van der Waals surface area contributed by atoms with Crippen molar-refractivity contribution in [3.05, 3.63) is 54.2 Å². The first-order valence-electron chi connectivity index (χ1n) is 8.26. The van der Waals surface area contributed by atoms with Gasteiger partial charge in [0.25, 0.3) is 0 Å². The maximum absolute atomic E-state index is 12.6. The standard InChI is InChI=1S/C18H21N3O3S/c1-14-6-5-9-17(19-14)20-18(22)15-10-12-21(13-11-15)25(23,24)16-7-3-2-4-8-16/h2-9,15H,10-13H2,1H3,(H,19,20,22). The number of benzene rings is 1. The molecule has 1 fully saturated rings. The number of nitrogens with zero attached hydrogens (tertiary/aromatic N) is 2. The second-order valence-electron chi connectivity index (χ2n) is 6.14. The molecule has 0 bridgehead atoms. The maximum Gasteiger partial charge on any atom is 0.243 e. The number of anilines is 1. The topological polar surface area (TPSA) is 79.4 Å². The SMILES string of the molecule is Cc1cccc(NC(=O)C2CCN(S(=O)(=O)c3ccccc3)CC2)n1. The number of rotatable bonds is 4. The van der Waals surface area contributed by atoms with Crippen LogP contribution in [-0.2, 0) is 14.8 Å². The molecule has 6 nitrogen and oxygen atoms in total. The van der Waals surface area contributed by atoms with Gasteiger partial charge in [-0.3, -0.25) is 4.79 Å². The first-order valence-corrected chi connectivity index (χ1v) is 9.70. The highest BCUT2D eigenvalue weighted by Gasteiger charge is 2.32. The van der Waals surface area contributed by atoms with Crippen LogP contribution in [0.25, 0.3) is 0 Å². The lowest BCUT2D eigenvalue weighted by Gasteiger charge is -2.30. The molecule has 1 saturated heterocycles. The lowest BCUT2D eigenvalue weighted by atomic mass is 9.97. The number of amides is 1. The largest absolute Gasteiger partial charge is 0.310 e. The number of piperidine rings is 1. The van der Waals surface area contributed by atoms with Crippen molar-refractivity contribution in [2.24, 2.45) is 5.92 Å². The third-order valence-corrected chi connectivity index (χ3v) is 6.26. The molecule has 7 heteroatoms. The highest BCUT2D eigenvalue weighted by atomic mass is 32.2. The van der Waals surface area contributed by atoms with Crippen molar-refractivity contribution in [3.63, 3.8) is 0 Å². The maximum atomic E-state index is 12.6. The molecule has 1 aromatic carbocycles. The normalized spacial score (nSPS) is 16.5. The molecule has 0 aliphatic carbocycles. The Bertz CT molecular complexity index is 845. The van der Waals surface area contributed by atoms with Crippen molar-refractivity contribution >= 4 is 21.7 Å². The summed E-state index contributed by atoms with van der Waals surface area (Å²) in [6.07, 6.45) is 1.01. The molecule has 0 radical (unpaired) electrons. The molecule has 0 spiro atoms. The summed E-state index contributed by atoms with van der Waals surface area (Å²) in [5, 5.41) is 2.82. The second-order valence-corrected chi connectivity index (χ2v) is 8.08. The Kier molecular flexibility index (Phi) is 5.15. The van der Waals surface area contributed by atoms with E-state index in [0.29, 0.717) is 36.6 Å². The molecule has 0 saturated carbocycles. The summed E-state index contributed by atoms with van der Waals surface area (Å²) < 4.78 is 26.7. The van der Waals surface area contributed by atoms with E-state index in [4.69, 9.17) is 0 Å². The average Bonchev–Trinajstić information content (AvgIpc) is 2.62. The van der Waals surface area contributed by atoms with Crippen LogP contribution in [0.4, 0.5) is 5.82 Å². The van der Waals surface area contributed by atoms with Gasteiger partial charge in [0.1, 0.15) is 5.82 Å². The molecule has 1 aromatic heterocycles. The molecular formula is C18H21N3O3S. The average molecular weight is 359 g/mol. The van der Waals surface area contributed by atoms with E-state index in [9.17, 15) is 13.2 Å². The molecule has 1 aliphatic rings. The van der Waals surface area contributed by atoms with Crippen LogP contribution in [0, 0.1) is 12.8 Å². The number of hydrogen-bond acceptors (Lipinski definition) is 4. The minimum absolute atomic E-state index is 0.102. The Morgan fingerprint density at radius 3 is 2.40 bits per heavy atom. The van der Waals surface area contributed by atoms with Gasteiger partial charge >= 0.3 is 0 Å². The molecule has 3 rings (SSSR count). The van der Waals surface area contributed by atoms with Gasteiger partial charge in [0, 0.05) is 24.7 Å². The van der Waals surface area contributed by atoms with E-state index >= 15 is 0 Å². The zero-order valence-corrected chi connectivity index (χ0v) is 14.9. The van der Waals surface area contributed by atoms with Gasteiger partial charge in [-0.05, 0) is 44.0 Å². The summed E-state index contributed by atoms with van der Waals surface area (Å²) >= 11 is 0. The molecule has 2 aromatic rings. The first kappa shape index (κ1) is 17.6. The van der Waals surface area contributed by atoms with Gasteiger partial charge in [-0.15, -0.1) is 0 Å². The Balaban J connectivity index is 1.61. The van der Waals surface area contributed by atoms with Crippen molar-refractivity contribution in [2.45, 2.75) is 24.7 Å². The lowest BCUT2D eigenvalue weighted by Crippen LogP contribution is -2.41. The number of carbonyl (C=O) groups is 1. The highest BCUT2D eigenvalue weighted by Crippen LogP contribution is 2.24. The summed E-state index contributed by atoms with van der Waals surface area (Å²) in [6.45, 7) is 2.55. The van der Waals surface area contributed by atoms with Crippen LogP contribution < -0.4 is 5.32 Å². The Morgan fingerprint density at radius 2 is 1.76 bits per heavy atom. The van der Waals surface area contributed by atoms with Crippen LogP contribution in [0.15, 0.2) is 53.4 Å². The van der Waals surface area contributed by atoms with E-state index in [1.807, 2.05) is 19.1 Å². The second kappa shape index (κ2) is 7.33. The zero-order valence-electron chi connectivity index (χ0n) is 14.1. The first-order chi connectivity index (χ1) is 12.0. The van der Waals surface area contributed by atoms with Crippen molar-refractivity contribution < 1.29 is 13.2 Å². The zero-order chi connectivity index (χ0) is 17.9. The number of aromatic nitrogens is 1. The van der Waals surface area contributed by atoms with Gasteiger partial charge in [-0.1, -0.05) is 24.3 Å². The van der Waals surface area contributed by atoms with Gasteiger partial charge < -0.3 is 5.32 Å². The Morgan fingerprint density at radius 1 is 1.08 bits per heavy atom. The van der Waals surface area contributed by atoms with Gasteiger partial charge in [0.2, 0.25) is 15.9 Å². The molecule has 132 valence electrons. The monoisotopic (exact) mass is 359 g/mol. The van der Waals surface area contributed by atoms with Gasteiger partial charge in [-0.2, -0.15) is 4.31 Å². The van der Waals surface area contributed by atoms with E-state index < -0.39 is 10.0 Å². The van der Waals surface area contributed by atoms with Crippen molar-refractivity contribution in [1.29, 1.82) is 0 Å². The van der Waals surface area contributed by atoms with E-state index in [2.05, 4.69) is 10.3 Å². The summed E-state index contributed by atoms with van der Waals surface area (Å²) in [5.74, 6) is 0.226. The van der Waals surface area contributed by atoms with E-state index in [1.54, 1.807) is 36.4 Å². The van der Waals surface area contributed by atoms with E-state index in [0.717, 1.165) is 5.69 Å². The van der Waals surface area contributed by atoms with Crippen LogP contribution >= 0.6 is 0 Å². The Labute approximate surface area is 147 Å². The minimum atomic E-state index is -3.49. The third-order valence-electron chi connectivity index (χ3n) is 4.35. The predicted molar refractivity (Wildman–Crippen MR) is 95.5 cm³/mol. The molecule has 1 aliphatic heterocycles. The fourth-order valence-corrected chi connectivity index (χ4v) is 4.43. The highest BCUT2D eigenvalue weighted by molar-refractivity contribution is 7.89. The van der Waals surface area contributed by atoms with Crippen molar-refractivity contribution in [3.8, 4) is 0 Å². The van der Waals surface area contributed by atoms with Crippen LogP contribution in [0.5, 0.6) is 0 Å². The van der Waals surface area contributed by atoms with E-state index in [1.165, 1.54) is 4.31 Å². The quantitative estimate of drug-likeness (QED) is 0.909. The summed E-state index contributed by atoms with van der Waals surface area (Å²) in [7, 11) is -3.49. The summed E-state index contributed by atoms with van der Waals surface area (Å²) in [6, 6.07) is 13.9. The molecular weight excluding hydrogens is 338 g/mol. The minimum Gasteiger partial charge on any atom is -0.310 e. The number of hydrogen-bond donors (Lipinski definition) is 1. The molecule has 1 N–H and O–H groups in total. The number of aryl methyl sites for hydroxylation is 1. The fraction of sp³-hybridized carbons (Fsp3) is 0.333. The molecule has 0 unspecified atom stereocenters. The van der Waals surface area contributed by atoms with Crippen LogP contribution in [0.2, 0.25) is 0 Å². The fourth-order valence-electron chi connectivity index (χ4n) is 2.94. The van der Waals surface area contributed by atoms with Gasteiger partial charge in [0.15, 0.2) is 0 Å². The van der Waals surface area contributed by atoms with Crippen LogP contribution in [0.1, 0.15) is 18.5 Å². The Hall–Kier alpha value is -2.25. The van der Waals surface area contributed by atoms with E-state index in [-0.39, 0.29) is 11.8 Å². The summed E-state index contributed by atoms with van der Waals surface area (Å²) in [4.78, 5) is 16.9.